The standard InChI is InChI=1S/C17H12F3N3O3/c18-17(19,20)12-7-10(9-21)1-3-13(12)22-23-16(24)11-2-4-14-15(8-11)26-6-5-25-14/h1-4,7-8,22H,5-6H2,(H,23,24). The topological polar surface area (TPSA) is 83.4 Å². The molecular formula is C17H12F3N3O3. The molecule has 2 N–H and O–H groups in total. The zero-order valence-electron chi connectivity index (χ0n) is 13.2. The number of nitriles is 1. The number of hydrogen-bond donors (Lipinski definition) is 2. The third-order valence-corrected chi connectivity index (χ3v) is 3.57. The second-order valence-electron chi connectivity index (χ2n) is 5.31. The highest BCUT2D eigenvalue weighted by Crippen LogP contribution is 2.35. The number of halogens is 3. The molecule has 0 bridgehead atoms. The number of alkyl halides is 3. The van der Waals surface area contributed by atoms with Crippen molar-refractivity contribution in [3.05, 3.63) is 53.1 Å². The van der Waals surface area contributed by atoms with Gasteiger partial charge in [0.05, 0.1) is 22.9 Å². The lowest BCUT2D eigenvalue weighted by molar-refractivity contribution is -0.137. The Kier molecular flexibility index (Phi) is 4.58. The van der Waals surface area contributed by atoms with E-state index in [0.29, 0.717) is 30.8 Å². The fraction of sp³-hybridized carbons (Fsp3) is 0.176. The van der Waals surface area contributed by atoms with Crippen molar-refractivity contribution in [1.29, 1.82) is 5.26 Å². The number of nitrogens with one attached hydrogen (secondary N) is 2. The second-order valence-corrected chi connectivity index (χ2v) is 5.31. The second kappa shape index (κ2) is 6.84. The molecule has 1 heterocycles. The Bertz CT molecular complexity index is 891. The summed E-state index contributed by atoms with van der Waals surface area (Å²) >= 11 is 0. The molecule has 6 nitrogen and oxygen atoms in total. The van der Waals surface area contributed by atoms with E-state index in [1.807, 2.05) is 0 Å². The van der Waals surface area contributed by atoms with E-state index >= 15 is 0 Å². The van der Waals surface area contributed by atoms with Crippen LogP contribution >= 0.6 is 0 Å². The highest BCUT2D eigenvalue weighted by atomic mass is 19.4. The Hall–Kier alpha value is -3.41. The lowest BCUT2D eigenvalue weighted by atomic mass is 10.1. The summed E-state index contributed by atoms with van der Waals surface area (Å²) in [6, 6.07) is 9.10. The molecule has 26 heavy (non-hydrogen) atoms. The highest BCUT2D eigenvalue weighted by molar-refractivity contribution is 5.95. The van der Waals surface area contributed by atoms with Gasteiger partial charge >= 0.3 is 6.18 Å². The molecule has 0 atom stereocenters. The maximum absolute atomic E-state index is 13.1. The molecule has 1 amide bonds. The van der Waals surface area contributed by atoms with Gasteiger partial charge in [0.25, 0.3) is 5.91 Å². The molecular weight excluding hydrogens is 351 g/mol. The van der Waals surface area contributed by atoms with Gasteiger partial charge in [-0.15, -0.1) is 0 Å². The average molecular weight is 363 g/mol. The van der Waals surface area contributed by atoms with Crippen molar-refractivity contribution < 1.29 is 27.4 Å². The molecule has 9 heteroatoms. The van der Waals surface area contributed by atoms with Gasteiger partial charge in [0.2, 0.25) is 0 Å². The lowest BCUT2D eigenvalue weighted by Crippen LogP contribution is -2.30. The molecule has 0 spiro atoms. The first kappa shape index (κ1) is 17.4. The number of carbonyl (C=O) groups is 1. The number of benzene rings is 2. The van der Waals surface area contributed by atoms with Gasteiger partial charge in [-0.25, -0.2) is 0 Å². The lowest BCUT2D eigenvalue weighted by Gasteiger charge is -2.19. The van der Waals surface area contributed by atoms with Crippen molar-refractivity contribution in [3.63, 3.8) is 0 Å². The van der Waals surface area contributed by atoms with Gasteiger partial charge in [0, 0.05) is 5.56 Å². The largest absolute Gasteiger partial charge is 0.486 e. The predicted octanol–water partition coefficient (Wildman–Crippen LogP) is 3.11. The van der Waals surface area contributed by atoms with Gasteiger partial charge in [-0.05, 0) is 36.4 Å². The summed E-state index contributed by atoms with van der Waals surface area (Å²) < 4.78 is 50.0. The quantitative estimate of drug-likeness (QED) is 0.819. The predicted molar refractivity (Wildman–Crippen MR) is 84.7 cm³/mol. The number of amides is 1. The summed E-state index contributed by atoms with van der Waals surface area (Å²) in [6.45, 7) is 0.746. The van der Waals surface area contributed by atoms with E-state index in [9.17, 15) is 18.0 Å². The Balaban J connectivity index is 1.77. The van der Waals surface area contributed by atoms with E-state index in [0.717, 1.165) is 6.07 Å². The van der Waals surface area contributed by atoms with Crippen LogP contribution in [0, 0.1) is 11.3 Å². The van der Waals surface area contributed by atoms with Crippen LogP contribution in [-0.2, 0) is 6.18 Å². The minimum atomic E-state index is -4.68. The van der Waals surface area contributed by atoms with Crippen LogP contribution in [0.1, 0.15) is 21.5 Å². The zero-order chi connectivity index (χ0) is 18.7. The van der Waals surface area contributed by atoms with E-state index in [1.165, 1.54) is 18.2 Å². The van der Waals surface area contributed by atoms with Crippen molar-refractivity contribution in [2.45, 2.75) is 6.18 Å². The fourth-order valence-electron chi connectivity index (χ4n) is 2.34. The van der Waals surface area contributed by atoms with Crippen LogP contribution in [0.15, 0.2) is 36.4 Å². The third kappa shape index (κ3) is 3.64. The molecule has 0 saturated heterocycles. The van der Waals surface area contributed by atoms with Gasteiger partial charge < -0.3 is 9.47 Å². The highest BCUT2D eigenvalue weighted by Gasteiger charge is 2.34. The van der Waals surface area contributed by atoms with Crippen molar-refractivity contribution in [2.75, 3.05) is 18.6 Å². The molecule has 3 rings (SSSR count). The molecule has 0 aromatic heterocycles. The molecule has 134 valence electrons. The van der Waals surface area contributed by atoms with Crippen LogP contribution in [0.4, 0.5) is 18.9 Å². The maximum Gasteiger partial charge on any atom is 0.418 e. The summed E-state index contributed by atoms with van der Waals surface area (Å²) in [6.07, 6.45) is -4.68. The summed E-state index contributed by atoms with van der Waals surface area (Å²) in [5, 5.41) is 8.75. The average Bonchev–Trinajstić information content (AvgIpc) is 2.64. The molecule has 2 aromatic rings. The van der Waals surface area contributed by atoms with Crippen LogP contribution in [0.3, 0.4) is 0 Å². The van der Waals surface area contributed by atoms with E-state index in [2.05, 4.69) is 10.9 Å². The van der Waals surface area contributed by atoms with Crippen molar-refractivity contribution in [2.24, 2.45) is 0 Å². The Labute approximate surface area is 146 Å². The first-order chi connectivity index (χ1) is 12.4. The monoisotopic (exact) mass is 363 g/mol. The van der Waals surface area contributed by atoms with Gasteiger partial charge in [-0.2, -0.15) is 18.4 Å². The van der Waals surface area contributed by atoms with Crippen LogP contribution in [0.5, 0.6) is 11.5 Å². The first-order valence-electron chi connectivity index (χ1n) is 7.46. The number of carbonyl (C=O) groups excluding carboxylic acids is 1. The van der Waals surface area contributed by atoms with Crippen LogP contribution in [-0.4, -0.2) is 19.1 Å². The Morgan fingerprint density at radius 3 is 2.50 bits per heavy atom. The number of ether oxygens (including phenoxy) is 2. The fourth-order valence-corrected chi connectivity index (χ4v) is 2.34. The Morgan fingerprint density at radius 2 is 1.81 bits per heavy atom. The summed E-state index contributed by atoms with van der Waals surface area (Å²) in [5.41, 5.74) is 3.07. The SMILES string of the molecule is N#Cc1ccc(NNC(=O)c2ccc3c(c2)OCCO3)c(C(F)(F)F)c1. The molecule has 0 fully saturated rings. The van der Waals surface area contributed by atoms with Gasteiger partial charge in [0.15, 0.2) is 11.5 Å². The molecule has 0 unspecified atom stereocenters. The third-order valence-electron chi connectivity index (χ3n) is 3.57. The van der Waals surface area contributed by atoms with E-state index < -0.39 is 17.6 Å². The van der Waals surface area contributed by atoms with Crippen molar-refractivity contribution in [3.8, 4) is 17.6 Å². The molecule has 2 aromatic carbocycles. The maximum atomic E-state index is 13.1. The normalized spacial score (nSPS) is 12.8. The van der Waals surface area contributed by atoms with Crippen molar-refractivity contribution in [1.82, 2.24) is 5.43 Å². The minimum absolute atomic E-state index is 0.138. The number of anilines is 1. The van der Waals surface area contributed by atoms with Crippen molar-refractivity contribution >= 4 is 11.6 Å². The number of nitrogens with zero attached hydrogens (tertiary/aromatic N) is 1. The van der Waals surface area contributed by atoms with Gasteiger partial charge in [-0.1, -0.05) is 0 Å². The first-order valence-corrected chi connectivity index (χ1v) is 7.46. The summed E-state index contributed by atoms with van der Waals surface area (Å²) in [5.74, 6) is 0.227. The van der Waals surface area contributed by atoms with Crippen LogP contribution < -0.4 is 20.3 Å². The molecule has 0 aliphatic carbocycles. The van der Waals surface area contributed by atoms with E-state index in [-0.39, 0.29) is 16.8 Å². The number of hydrazine groups is 1. The molecule has 0 saturated carbocycles. The van der Waals surface area contributed by atoms with Crippen LogP contribution in [0.25, 0.3) is 0 Å². The van der Waals surface area contributed by atoms with Gasteiger partial charge in [0.1, 0.15) is 13.2 Å². The smallest absolute Gasteiger partial charge is 0.418 e. The molecule has 1 aliphatic rings. The Morgan fingerprint density at radius 1 is 1.08 bits per heavy atom. The molecule has 0 radical (unpaired) electrons. The van der Waals surface area contributed by atoms with Gasteiger partial charge in [-0.3, -0.25) is 15.6 Å². The number of hydrogen-bond acceptors (Lipinski definition) is 5. The van der Waals surface area contributed by atoms with E-state index in [4.69, 9.17) is 14.7 Å². The van der Waals surface area contributed by atoms with E-state index in [1.54, 1.807) is 12.1 Å². The molecule has 1 aliphatic heterocycles. The number of fused-ring (bicyclic) bond motifs is 1. The zero-order valence-corrected chi connectivity index (χ0v) is 13.2. The number of rotatable bonds is 3. The minimum Gasteiger partial charge on any atom is -0.486 e. The van der Waals surface area contributed by atoms with Crippen LogP contribution in [0.2, 0.25) is 0 Å². The summed E-state index contributed by atoms with van der Waals surface area (Å²) in [4.78, 5) is 12.2. The summed E-state index contributed by atoms with van der Waals surface area (Å²) in [7, 11) is 0.